The lowest BCUT2D eigenvalue weighted by Crippen LogP contribution is -2.21. The van der Waals surface area contributed by atoms with Crippen LogP contribution in [0, 0.1) is 11.8 Å². The molecule has 0 unspecified atom stereocenters. The average molecular weight is 379 g/mol. The zero-order valence-electron chi connectivity index (χ0n) is 15.3. The Kier molecular flexibility index (Phi) is 3.60. The van der Waals surface area contributed by atoms with E-state index in [1.165, 1.54) is 7.11 Å². The largest absolute Gasteiger partial charge is 0.465 e. The molecule has 4 nitrogen and oxygen atoms in total. The van der Waals surface area contributed by atoms with Gasteiger partial charge in [-0.1, -0.05) is 30.4 Å². The first kappa shape index (κ1) is 16.8. The molecule has 1 aliphatic heterocycles. The van der Waals surface area contributed by atoms with Crippen molar-refractivity contribution in [2.75, 3.05) is 13.4 Å². The summed E-state index contributed by atoms with van der Waals surface area (Å²) in [4.78, 5) is 13.0. The van der Waals surface area contributed by atoms with Gasteiger partial charge >= 0.3 is 5.97 Å². The number of fused-ring (bicyclic) bond motifs is 9. The van der Waals surface area contributed by atoms with Crippen LogP contribution in [-0.4, -0.2) is 23.5 Å². The van der Waals surface area contributed by atoms with Gasteiger partial charge in [0.05, 0.1) is 33.0 Å². The van der Waals surface area contributed by atoms with Crippen LogP contribution < -0.4 is 0 Å². The summed E-state index contributed by atoms with van der Waals surface area (Å²) in [7, 11) is -1.18. The number of ether oxygens (including phenoxy) is 1. The van der Waals surface area contributed by atoms with Gasteiger partial charge in [0.25, 0.3) is 0 Å². The second-order valence-electron chi connectivity index (χ2n) is 7.70. The molecule has 0 radical (unpaired) electrons. The second-order valence-corrected chi connectivity index (χ2v) is 9.92. The fraction of sp³-hybridized carbons (Fsp3) is 0.318. The van der Waals surface area contributed by atoms with Crippen molar-refractivity contribution >= 4 is 21.4 Å². The van der Waals surface area contributed by atoms with Gasteiger partial charge in [-0.05, 0) is 65.5 Å². The Labute approximate surface area is 159 Å². The minimum absolute atomic E-state index is 0.236. The molecule has 2 aromatic rings. The summed E-state index contributed by atoms with van der Waals surface area (Å²) in [5.41, 5.74) is 3.42. The van der Waals surface area contributed by atoms with E-state index >= 15 is 0 Å². The van der Waals surface area contributed by atoms with E-state index in [0.717, 1.165) is 28.1 Å². The molecule has 0 N–H and O–H groups in total. The highest BCUT2D eigenvalue weighted by Crippen LogP contribution is 2.60. The Morgan fingerprint density at radius 2 is 1.78 bits per heavy atom. The predicted molar refractivity (Wildman–Crippen MR) is 105 cm³/mol. The average Bonchev–Trinajstić information content (AvgIpc) is 3.28. The third kappa shape index (κ3) is 2.41. The molecule has 1 heterocycles. The molecule has 2 aliphatic carbocycles. The minimum Gasteiger partial charge on any atom is -0.465 e. The van der Waals surface area contributed by atoms with Crippen molar-refractivity contribution < 1.29 is 13.7 Å². The zero-order valence-corrected chi connectivity index (χ0v) is 16.1. The lowest BCUT2D eigenvalue weighted by molar-refractivity contribution is 0.0600. The van der Waals surface area contributed by atoms with E-state index < -0.39 is 9.73 Å². The summed E-state index contributed by atoms with van der Waals surface area (Å²) in [5.74, 6) is 0.997. The van der Waals surface area contributed by atoms with Gasteiger partial charge in [-0.2, -0.15) is 4.36 Å². The maximum absolute atomic E-state index is 13.6. The van der Waals surface area contributed by atoms with E-state index in [2.05, 4.69) is 18.2 Å². The molecule has 0 aromatic heterocycles. The van der Waals surface area contributed by atoms with Crippen molar-refractivity contribution in [1.82, 2.24) is 0 Å². The molecule has 0 spiro atoms. The normalized spacial score (nSPS) is 32.5. The van der Waals surface area contributed by atoms with Gasteiger partial charge in [-0.15, -0.1) is 0 Å². The molecular formula is C22H21NO3S. The maximum atomic E-state index is 13.6. The summed E-state index contributed by atoms with van der Waals surface area (Å²) >= 11 is 0. The van der Waals surface area contributed by atoms with E-state index in [4.69, 9.17) is 9.10 Å². The summed E-state index contributed by atoms with van der Waals surface area (Å²) in [6, 6.07) is 13.5. The molecule has 5 atom stereocenters. The first-order valence-electron chi connectivity index (χ1n) is 9.21. The molecule has 2 aromatic carbocycles. The van der Waals surface area contributed by atoms with Crippen LogP contribution in [0.4, 0.5) is 5.69 Å². The van der Waals surface area contributed by atoms with Crippen molar-refractivity contribution in [2.24, 2.45) is 16.2 Å². The first-order valence-corrected chi connectivity index (χ1v) is 11.1. The van der Waals surface area contributed by atoms with Gasteiger partial charge in [0.1, 0.15) is 0 Å². The van der Waals surface area contributed by atoms with Crippen molar-refractivity contribution in [3.8, 4) is 0 Å². The van der Waals surface area contributed by atoms with Crippen molar-refractivity contribution in [1.29, 1.82) is 0 Å². The summed E-state index contributed by atoms with van der Waals surface area (Å²) in [5, 5.41) is 0. The molecule has 2 bridgehead atoms. The molecule has 0 saturated heterocycles. The molecular weight excluding hydrogens is 358 g/mol. The van der Waals surface area contributed by atoms with E-state index in [-0.39, 0.29) is 17.8 Å². The van der Waals surface area contributed by atoms with E-state index in [0.29, 0.717) is 17.4 Å². The molecule has 1 saturated carbocycles. The van der Waals surface area contributed by atoms with Crippen LogP contribution in [0.1, 0.15) is 39.7 Å². The van der Waals surface area contributed by atoms with Crippen LogP contribution in [0.15, 0.2) is 63.9 Å². The monoisotopic (exact) mass is 379 g/mol. The summed E-state index contributed by atoms with van der Waals surface area (Å²) in [6.07, 6.45) is 7.42. The minimum atomic E-state index is -2.57. The Morgan fingerprint density at radius 1 is 1.07 bits per heavy atom. The number of methoxy groups -OCH3 is 1. The highest BCUT2D eigenvalue weighted by molar-refractivity contribution is 7.93. The number of nitrogens with zero attached hydrogens (tertiary/aromatic N) is 1. The number of benzene rings is 2. The van der Waals surface area contributed by atoms with Gasteiger partial charge < -0.3 is 4.74 Å². The molecule has 0 amide bonds. The highest BCUT2D eigenvalue weighted by Gasteiger charge is 2.48. The van der Waals surface area contributed by atoms with Crippen LogP contribution >= 0.6 is 0 Å². The van der Waals surface area contributed by atoms with Gasteiger partial charge in [0.15, 0.2) is 0 Å². The number of hydrogen-bond donors (Lipinski definition) is 0. The lowest BCUT2D eigenvalue weighted by Gasteiger charge is -2.33. The number of carbonyl (C=O) groups excluding carboxylic acids is 1. The third-order valence-corrected chi connectivity index (χ3v) is 7.96. The molecule has 27 heavy (non-hydrogen) atoms. The Bertz CT molecular complexity index is 1110. The predicted octanol–water partition coefficient (Wildman–Crippen LogP) is 4.65. The van der Waals surface area contributed by atoms with Gasteiger partial charge in [-0.3, -0.25) is 0 Å². The van der Waals surface area contributed by atoms with Gasteiger partial charge in [0, 0.05) is 6.26 Å². The van der Waals surface area contributed by atoms with Gasteiger partial charge in [0.2, 0.25) is 0 Å². The number of carbonyl (C=O) groups is 1. The quantitative estimate of drug-likeness (QED) is 0.535. The smallest absolute Gasteiger partial charge is 0.337 e. The summed E-state index contributed by atoms with van der Waals surface area (Å²) < 4.78 is 23.2. The fourth-order valence-electron chi connectivity index (χ4n) is 5.16. The van der Waals surface area contributed by atoms with Crippen LogP contribution in [0.5, 0.6) is 0 Å². The molecule has 5 heteroatoms. The topological polar surface area (TPSA) is 55.7 Å². The number of esters is 1. The van der Waals surface area contributed by atoms with E-state index in [9.17, 15) is 9.00 Å². The maximum Gasteiger partial charge on any atom is 0.337 e. The van der Waals surface area contributed by atoms with Crippen LogP contribution in [-0.2, 0) is 14.5 Å². The SMILES string of the molecule is COC(=O)c1ccc2c(c1)[C@H]1[C@@H](c3ccccc3[S@@](C)(=O)=N2)[C@@H]2C=C[C@H]1C2. The standard InChI is InChI=1S/C22H21NO3S/c1-26-22(24)15-9-10-18-17(12-15)21-14-8-7-13(11-14)20(21)16-5-3-4-6-19(16)27(2,25)23-18/h3-10,12-14,20-21H,11H2,1-2H3/t13-,14+,20-,21+,27-/m1/s1. The molecule has 5 rings (SSSR count). The molecule has 138 valence electrons. The Morgan fingerprint density at radius 3 is 2.52 bits per heavy atom. The highest BCUT2D eigenvalue weighted by atomic mass is 32.2. The van der Waals surface area contributed by atoms with Crippen LogP contribution in [0.2, 0.25) is 0 Å². The van der Waals surface area contributed by atoms with E-state index in [1.54, 1.807) is 12.3 Å². The van der Waals surface area contributed by atoms with E-state index in [1.807, 2.05) is 30.3 Å². The molecule has 1 fully saturated rings. The zero-order chi connectivity index (χ0) is 18.8. The van der Waals surface area contributed by atoms with Crippen LogP contribution in [0.25, 0.3) is 0 Å². The summed E-state index contributed by atoms with van der Waals surface area (Å²) in [6.45, 7) is 0. The second kappa shape index (κ2) is 5.80. The Hall–Kier alpha value is -2.40. The number of hydrogen-bond acceptors (Lipinski definition) is 4. The van der Waals surface area contributed by atoms with Crippen molar-refractivity contribution in [3.63, 3.8) is 0 Å². The van der Waals surface area contributed by atoms with Crippen molar-refractivity contribution in [2.45, 2.75) is 23.2 Å². The molecule has 3 aliphatic rings. The fourth-order valence-corrected chi connectivity index (χ4v) is 6.77. The number of allylic oxidation sites excluding steroid dienone is 2. The third-order valence-electron chi connectivity index (χ3n) is 6.23. The van der Waals surface area contributed by atoms with Gasteiger partial charge in [-0.25, -0.2) is 9.00 Å². The lowest BCUT2D eigenvalue weighted by atomic mass is 9.74. The number of rotatable bonds is 1. The van der Waals surface area contributed by atoms with Crippen LogP contribution in [0.3, 0.4) is 0 Å². The van der Waals surface area contributed by atoms with Crippen molar-refractivity contribution in [3.05, 3.63) is 71.3 Å². The Balaban J connectivity index is 1.83. The first-order chi connectivity index (χ1) is 13.0.